The molecular weight excluding hydrogens is 371 g/mol. The molecule has 0 aromatic heterocycles. The number of carbonyl (C=O) groups excluding carboxylic acids is 1. The fourth-order valence-corrected chi connectivity index (χ4v) is 2.53. The molecule has 0 aliphatic carbocycles. The Balaban J connectivity index is 1.94. The van der Waals surface area contributed by atoms with Gasteiger partial charge in [-0.2, -0.15) is 0 Å². The summed E-state index contributed by atoms with van der Waals surface area (Å²) in [6.45, 7) is 3.04. The average Bonchev–Trinajstić information content (AvgIpc) is 2.65. The van der Waals surface area contributed by atoms with Crippen LogP contribution in [-0.4, -0.2) is 25.1 Å². The zero-order chi connectivity index (χ0) is 18.8. The van der Waals surface area contributed by atoms with E-state index >= 15 is 0 Å². The average molecular weight is 393 g/mol. The Kier molecular flexibility index (Phi) is 8.45. The highest BCUT2D eigenvalue weighted by molar-refractivity contribution is 6.42. The van der Waals surface area contributed by atoms with Gasteiger partial charge < -0.3 is 4.74 Å². The Morgan fingerprint density at radius 2 is 1.88 bits per heavy atom. The number of rotatable bonds is 7. The topological polar surface area (TPSA) is 50.7 Å². The lowest BCUT2D eigenvalue weighted by Crippen LogP contribution is -2.33. The van der Waals surface area contributed by atoms with Gasteiger partial charge in [-0.1, -0.05) is 60.5 Å². The van der Waals surface area contributed by atoms with Crippen molar-refractivity contribution < 1.29 is 9.53 Å². The first-order valence-electron chi connectivity index (χ1n) is 8.57. The molecular formula is C20H22Cl2N2O2. The maximum absolute atomic E-state index is 12.4. The van der Waals surface area contributed by atoms with Gasteiger partial charge in [0, 0.05) is 12.1 Å². The highest BCUT2D eigenvalue weighted by Crippen LogP contribution is 2.22. The summed E-state index contributed by atoms with van der Waals surface area (Å²) in [6.07, 6.45) is 2.61. The Labute approximate surface area is 164 Å². The maximum atomic E-state index is 12.4. The van der Waals surface area contributed by atoms with Crippen LogP contribution in [0.1, 0.15) is 35.7 Å². The molecule has 2 aromatic rings. The van der Waals surface area contributed by atoms with Crippen LogP contribution in [0.5, 0.6) is 0 Å². The van der Waals surface area contributed by atoms with Gasteiger partial charge in [0.2, 0.25) is 0 Å². The lowest BCUT2D eigenvalue weighted by molar-refractivity contribution is 0.0965. The quantitative estimate of drug-likeness (QED) is 0.402. The van der Waals surface area contributed by atoms with E-state index < -0.39 is 0 Å². The highest BCUT2D eigenvalue weighted by Gasteiger charge is 2.11. The SMILES string of the molecule is CCCOC(=NCCCc1ccccc1)NC(=O)c1ccc(Cl)c(Cl)c1. The Bertz CT molecular complexity index is 749. The van der Waals surface area contributed by atoms with E-state index in [4.69, 9.17) is 27.9 Å². The van der Waals surface area contributed by atoms with Crippen LogP contribution in [0, 0.1) is 0 Å². The molecule has 0 unspecified atom stereocenters. The standard InChI is InChI=1S/C20H22Cl2N2O2/c1-2-13-26-20(23-12-6-9-15-7-4-3-5-8-15)24-19(25)16-10-11-17(21)18(22)14-16/h3-5,7-8,10-11,14H,2,6,9,12-13H2,1H3,(H,23,24,25). The molecule has 0 radical (unpaired) electrons. The van der Waals surface area contributed by atoms with Crippen molar-refractivity contribution in [3.05, 3.63) is 69.7 Å². The number of ether oxygens (including phenoxy) is 1. The minimum absolute atomic E-state index is 0.232. The van der Waals surface area contributed by atoms with E-state index in [1.165, 1.54) is 11.6 Å². The number of amides is 1. The van der Waals surface area contributed by atoms with Crippen LogP contribution >= 0.6 is 23.2 Å². The summed E-state index contributed by atoms with van der Waals surface area (Å²) < 4.78 is 5.55. The zero-order valence-corrected chi connectivity index (χ0v) is 16.2. The molecule has 0 aliphatic heterocycles. The largest absolute Gasteiger partial charge is 0.465 e. The van der Waals surface area contributed by atoms with Crippen LogP contribution in [-0.2, 0) is 11.2 Å². The zero-order valence-electron chi connectivity index (χ0n) is 14.7. The number of aliphatic imine (C=N–C) groups is 1. The first-order valence-corrected chi connectivity index (χ1v) is 9.33. The number of halogens is 2. The fourth-order valence-electron chi connectivity index (χ4n) is 2.24. The Morgan fingerprint density at radius 1 is 1.12 bits per heavy atom. The van der Waals surface area contributed by atoms with Gasteiger partial charge >= 0.3 is 0 Å². The first kappa shape index (κ1) is 20.3. The number of carbonyl (C=O) groups is 1. The van der Waals surface area contributed by atoms with Crippen LogP contribution in [0.25, 0.3) is 0 Å². The molecule has 0 saturated carbocycles. The van der Waals surface area contributed by atoms with Crippen LogP contribution in [0.15, 0.2) is 53.5 Å². The third-order valence-corrected chi connectivity index (χ3v) is 4.31. The first-order chi connectivity index (χ1) is 12.6. The molecule has 26 heavy (non-hydrogen) atoms. The Morgan fingerprint density at radius 3 is 2.58 bits per heavy atom. The van der Waals surface area contributed by atoms with E-state index in [1.807, 2.05) is 25.1 Å². The summed E-state index contributed by atoms with van der Waals surface area (Å²) in [5.41, 5.74) is 1.66. The van der Waals surface area contributed by atoms with E-state index in [1.54, 1.807) is 12.1 Å². The van der Waals surface area contributed by atoms with Crippen molar-refractivity contribution in [2.45, 2.75) is 26.2 Å². The van der Waals surface area contributed by atoms with Crippen molar-refractivity contribution in [1.82, 2.24) is 5.32 Å². The van der Waals surface area contributed by atoms with Crippen molar-refractivity contribution in [3.63, 3.8) is 0 Å². The van der Waals surface area contributed by atoms with Gasteiger partial charge in [0.25, 0.3) is 11.9 Å². The summed E-state index contributed by atoms with van der Waals surface area (Å²) in [6, 6.07) is 15.2. The van der Waals surface area contributed by atoms with Crippen molar-refractivity contribution >= 4 is 35.1 Å². The number of amidine groups is 1. The number of nitrogens with one attached hydrogen (secondary N) is 1. The second-order valence-electron chi connectivity index (χ2n) is 5.71. The predicted octanol–water partition coefficient (Wildman–Crippen LogP) is 5.14. The number of benzene rings is 2. The summed E-state index contributed by atoms with van der Waals surface area (Å²) in [5.74, 6) is -0.332. The van der Waals surface area contributed by atoms with Gasteiger partial charge in [-0.05, 0) is 43.0 Å². The smallest absolute Gasteiger partial charge is 0.291 e. The van der Waals surface area contributed by atoms with Gasteiger partial charge in [0.1, 0.15) is 0 Å². The monoisotopic (exact) mass is 392 g/mol. The number of aryl methyl sites for hydroxylation is 1. The number of hydrogen-bond donors (Lipinski definition) is 1. The molecule has 0 saturated heterocycles. The lowest BCUT2D eigenvalue weighted by atomic mass is 10.1. The molecule has 2 aromatic carbocycles. The Hall–Kier alpha value is -2.04. The van der Waals surface area contributed by atoms with Gasteiger partial charge in [0.05, 0.1) is 16.7 Å². The third kappa shape index (κ3) is 6.70. The van der Waals surface area contributed by atoms with Crippen LogP contribution in [0.2, 0.25) is 10.0 Å². The summed E-state index contributed by atoms with van der Waals surface area (Å²) in [5, 5.41) is 3.43. The van der Waals surface area contributed by atoms with E-state index in [0.29, 0.717) is 28.8 Å². The summed E-state index contributed by atoms with van der Waals surface area (Å²) >= 11 is 11.8. The predicted molar refractivity (Wildman–Crippen MR) is 107 cm³/mol. The van der Waals surface area contributed by atoms with Crippen molar-refractivity contribution in [2.75, 3.05) is 13.2 Å². The van der Waals surface area contributed by atoms with E-state index in [0.717, 1.165) is 19.3 Å². The third-order valence-electron chi connectivity index (χ3n) is 3.57. The summed E-state index contributed by atoms with van der Waals surface area (Å²) in [4.78, 5) is 16.7. The fraction of sp³-hybridized carbons (Fsp3) is 0.300. The maximum Gasteiger partial charge on any atom is 0.291 e. The molecule has 0 atom stereocenters. The van der Waals surface area contributed by atoms with Crippen LogP contribution < -0.4 is 5.32 Å². The molecule has 0 aliphatic rings. The van der Waals surface area contributed by atoms with Gasteiger partial charge in [-0.25, -0.2) is 4.99 Å². The van der Waals surface area contributed by atoms with Crippen LogP contribution in [0.3, 0.4) is 0 Å². The lowest BCUT2D eigenvalue weighted by Gasteiger charge is -2.10. The van der Waals surface area contributed by atoms with Crippen molar-refractivity contribution in [3.8, 4) is 0 Å². The molecule has 138 valence electrons. The second kappa shape index (κ2) is 10.8. The van der Waals surface area contributed by atoms with Gasteiger partial charge in [-0.3, -0.25) is 10.1 Å². The van der Waals surface area contributed by atoms with E-state index in [9.17, 15) is 4.79 Å². The normalized spacial score (nSPS) is 11.3. The molecule has 1 amide bonds. The minimum Gasteiger partial charge on any atom is -0.465 e. The highest BCUT2D eigenvalue weighted by atomic mass is 35.5. The van der Waals surface area contributed by atoms with Gasteiger partial charge in [0.15, 0.2) is 0 Å². The number of nitrogens with zero attached hydrogens (tertiary/aromatic N) is 1. The molecule has 2 rings (SSSR count). The summed E-state index contributed by atoms with van der Waals surface area (Å²) in [7, 11) is 0. The molecule has 0 fully saturated rings. The molecule has 0 bridgehead atoms. The molecule has 1 N–H and O–H groups in total. The minimum atomic E-state index is -0.332. The van der Waals surface area contributed by atoms with E-state index in [2.05, 4.69) is 22.4 Å². The molecule has 6 heteroatoms. The molecule has 0 spiro atoms. The second-order valence-corrected chi connectivity index (χ2v) is 6.52. The number of hydrogen-bond acceptors (Lipinski definition) is 3. The van der Waals surface area contributed by atoms with E-state index in [-0.39, 0.29) is 11.9 Å². The van der Waals surface area contributed by atoms with Gasteiger partial charge in [-0.15, -0.1) is 0 Å². The molecule has 0 heterocycles. The van der Waals surface area contributed by atoms with Crippen molar-refractivity contribution in [2.24, 2.45) is 4.99 Å². The van der Waals surface area contributed by atoms with Crippen molar-refractivity contribution in [1.29, 1.82) is 0 Å². The van der Waals surface area contributed by atoms with Crippen LogP contribution in [0.4, 0.5) is 0 Å². The molecule has 4 nitrogen and oxygen atoms in total.